The van der Waals surface area contributed by atoms with E-state index in [1.807, 2.05) is 49.3 Å². The Bertz CT molecular complexity index is 339. The van der Waals surface area contributed by atoms with E-state index in [4.69, 9.17) is 23.2 Å². The number of rotatable bonds is 4. The summed E-state index contributed by atoms with van der Waals surface area (Å²) in [6.45, 7) is 3.79. The first-order chi connectivity index (χ1) is 7.07. The molecule has 1 rings (SSSR count). The molecule has 0 N–H and O–H groups in total. The molecule has 1 aromatic carbocycles. The molecule has 0 aliphatic heterocycles. The minimum Gasteiger partial charge on any atom is -0.301 e. The van der Waals surface area contributed by atoms with Crippen molar-refractivity contribution in [3.05, 3.63) is 47.5 Å². The van der Waals surface area contributed by atoms with Crippen molar-refractivity contribution in [1.82, 2.24) is 4.90 Å². The van der Waals surface area contributed by atoms with Crippen molar-refractivity contribution in [2.45, 2.75) is 11.4 Å². The van der Waals surface area contributed by atoms with Crippen LogP contribution in [0.2, 0.25) is 5.02 Å². The fourth-order valence-corrected chi connectivity index (χ4v) is 2.30. The Hall–Kier alpha value is -0.210. The predicted molar refractivity (Wildman–Crippen MR) is 75.0 cm³/mol. The average Bonchev–Trinajstić information content (AvgIpc) is 2.18. The van der Waals surface area contributed by atoms with Gasteiger partial charge in [0, 0.05) is 11.1 Å². The van der Waals surface area contributed by atoms with E-state index in [1.54, 1.807) is 0 Å². The molecule has 0 aromatic heterocycles. The first kappa shape index (κ1) is 15.8. The summed E-state index contributed by atoms with van der Waals surface area (Å²) in [6.07, 6.45) is 1.83. The van der Waals surface area contributed by atoms with Gasteiger partial charge in [0.1, 0.15) is 0 Å². The molecule has 0 fully saturated rings. The van der Waals surface area contributed by atoms with Gasteiger partial charge in [0.2, 0.25) is 0 Å². The van der Waals surface area contributed by atoms with Crippen LogP contribution in [-0.4, -0.2) is 25.0 Å². The molecule has 2 atom stereocenters. The topological polar surface area (TPSA) is 3.24 Å². The highest BCUT2D eigenvalue weighted by atomic mass is 35.5. The Balaban J connectivity index is 0.00000225. The molecule has 0 bridgehead atoms. The van der Waals surface area contributed by atoms with Crippen molar-refractivity contribution in [3.63, 3.8) is 0 Å². The van der Waals surface area contributed by atoms with Crippen LogP contribution in [0.1, 0.15) is 10.9 Å². The molecule has 0 radical (unpaired) electrons. The van der Waals surface area contributed by atoms with Gasteiger partial charge in [0.05, 0.1) is 5.38 Å². The number of nitrogens with zero attached hydrogens (tertiary/aromatic N) is 1. The monoisotopic (exact) mass is 279 g/mol. The van der Waals surface area contributed by atoms with Gasteiger partial charge in [-0.1, -0.05) is 35.9 Å². The Kier molecular flexibility index (Phi) is 7.09. The van der Waals surface area contributed by atoms with Crippen LogP contribution in [0.25, 0.3) is 0 Å². The van der Waals surface area contributed by atoms with Crippen molar-refractivity contribution in [3.8, 4) is 0 Å². The van der Waals surface area contributed by atoms with Crippen molar-refractivity contribution in [2.75, 3.05) is 14.1 Å². The third-order valence-corrected chi connectivity index (χ3v) is 3.18. The molecule has 4 heteroatoms. The van der Waals surface area contributed by atoms with Crippen molar-refractivity contribution >= 4 is 35.6 Å². The van der Waals surface area contributed by atoms with E-state index in [9.17, 15) is 0 Å². The molecule has 0 saturated carbocycles. The highest BCUT2D eigenvalue weighted by Crippen LogP contribution is 2.32. The summed E-state index contributed by atoms with van der Waals surface area (Å²) in [5, 5.41) is 0.525. The minimum absolute atomic E-state index is 0. The van der Waals surface area contributed by atoms with E-state index in [1.165, 1.54) is 0 Å². The van der Waals surface area contributed by atoms with Gasteiger partial charge in [-0.25, -0.2) is 0 Å². The van der Waals surface area contributed by atoms with Gasteiger partial charge < -0.3 is 4.90 Å². The lowest BCUT2D eigenvalue weighted by Crippen LogP contribution is -2.29. The van der Waals surface area contributed by atoms with Gasteiger partial charge in [-0.3, -0.25) is 0 Å². The molecule has 0 spiro atoms. The quantitative estimate of drug-likeness (QED) is 0.591. The predicted octanol–water partition coefficient (Wildman–Crippen LogP) is 4.16. The van der Waals surface area contributed by atoms with Crippen LogP contribution < -0.4 is 0 Å². The SMILES string of the molecule is C=CC(C(Cl)c1ccccc1Cl)N(C)C.Cl. The van der Waals surface area contributed by atoms with Crippen LogP contribution in [0.4, 0.5) is 0 Å². The number of likely N-dealkylation sites (N-methyl/N-ethyl adjacent to an activating group) is 1. The van der Waals surface area contributed by atoms with Crippen LogP contribution in [0, 0.1) is 0 Å². The summed E-state index contributed by atoms with van der Waals surface area (Å²) < 4.78 is 0. The summed E-state index contributed by atoms with van der Waals surface area (Å²) in [5.74, 6) is 0. The number of halogens is 3. The molecule has 90 valence electrons. The second-order valence-corrected chi connectivity index (χ2v) is 4.49. The first-order valence-electron chi connectivity index (χ1n) is 4.75. The van der Waals surface area contributed by atoms with Crippen LogP contribution >= 0.6 is 35.6 Å². The van der Waals surface area contributed by atoms with Crippen molar-refractivity contribution < 1.29 is 0 Å². The lowest BCUT2D eigenvalue weighted by Gasteiger charge is -2.26. The molecule has 0 aliphatic carbocycles. The normalized spacial score (nSPS) is 14.1. The number of alkyl halides is 1. The second kappa shape index (κ2) is 7.18. The fourth-order valence-electron chi connectivity index (χ4n) is 1.47. The first-order valence-corrected chi connectivity index (χ1v) is 5.57. The molecule has 1 aromatic rings. The van der Waals surface area contributed by atoms with Gasteiger partial charge in [-0.2, -0.15) is 0 Å². The highest BCUT2D eigenvalue weighted by molar-refractivity contribution is 6.32. The molecule has 0 saturated heterocycles. The van der Waals surface area contributed by atoms with E-state index in [0.717, 1.165) is 5.56 Å². The zero-order valence-corrected chi connectivity index (χ0v) is 11.7. The van der Waals surface area contributed by atoms with Crippen LogP contribution in [-0.2, 0) is 0 Å². The standard InChI is InChI=1S/C12H15Cl2N.ClH/c1-4-11(15(2)3)12(14)9-7-5-6-8-10(9)13;/h4-8,11-12H,1H2,2-3H3;1H. The van der Waals surface area contributed by atoms with E-state index < -0.39 is 0 Å². The number of hydrogen-bond donors (Lipinski definition) is 0. The summed E-state index contributed by atoms with van der Waals surface area (Å²) in [4.78, 5) is 2.02. The molecular weight excluding hydrogens is 264 g/mol. The molecule has 16 heavy (non-hydrogen) atoms. The molecule has 2 unspecified atom stereocenters. The maximum atomic E-state index is 6.38. The summed E-state index contributed by atoms with van der Waals surface area (Å²) in [7, 11) is 3.94. The van der Waals surface area contributed by atoms with Crippen LogP contribution in [0.3, 0.4) is 0 Å². The fraction of sp³-hybridized carbons (Fsp3) is 0.333. The molecule has 0 heterocycles. The molecule has 0 amide bonds. The summed E-state index contributed by atoms with van der Waals surface area (Å²) in [6, 6.07) is 7.70. The molecular formula is C12H16Cl3N. The van der Waals surface area contributed by atoms with E-state index >= 15 is 0 Å². The average molecular weight is 281 g/mol. The Morgan fingerprint density at radius 1 is 1.31 bits per heavy atom. The maximum Gasteiger partial charge on any atom is 0.0790 e. The highest BCUT2D eigenvalue weighted by Gasteiger charge is 2.21. The number of benzene rings is 1. The lowest BCUT2D eigenvalue weighted by molar-refractivity contribution is 0.335. The van der Waals surface area contributed by atoms with Gasteiger partial charge in [-0.15, -0.1) is 30.6 Å². The van der Waals surface area contributed by atoms with E-state index in [0.29, 0.717) is 5.02 Å². The van der Waals surface area contributed by atoms with Gasteiger partial charge >= 0.3 is 0 Å². The van der Waals surface area contributed by atoms with Crippen LogP contribution in [0.15, 0.2) is 36.9 Å². The van der Waals surface area contributed by atoms with Crippen molar-refractivity contribution in [1.29, 1.82) is 0 Å². The third kappa shape index (κ3) is 3.67. The maximum absolute atomic E-state index is 6.38. The Morgan fingerprint density at radius 2 is 1.88 bits per heavy atom. The molecule has 1 nitrogen and oxygen atoms in total. The van der Waals surface area contributed by atoms with Gasteiger partial charge in [0.25, 0.3) is 0 Å². The van der Waals surface area contributed by atoms with Crippen LogP contribution in [0.5, 0.6) is 0 Å². The zero-order valence-electron chi connectivity index (χ0n) is 9.36. The van der Waals surface area contributed by atoms with Gasteiger partial charge in [0.15, 0.2) is 0 Å². The zero-order chi connectivity index (χ0) is 11.4. The van der Waals surface area contributed by atoms with Gasteiger partial charge in [-0.05, 0) is 25.7 Å². The minimum atomic E-state index is -0.175. The third-order valence-electron chi connectivity index (χ3n) is 2.34. The lowest BCUT2D eigenvalue weighted by atomic mass is 10.0. The van der Waals surface area contributed by atoms with Crippen molar-refractivity contribution in [2.24, 2.45) is 0 Å². The number of hydrogen-bond acceptors (Lipinski definition) is 1. The van der Waals surface area contributed by atoms with E-state index in [-0.39, 0.29) is 23.8 Å². The molecule has 0 aliphatic rings. The summed E-state index contributed by atoms with van der Waals surface area (Å²) in [5.41, 5.74) is 0.944. The Morgan fingerprint density at radius 3 is 2.31 bits per heavy atom. The van der Waals surface area contributed by atoms with E-state index in [2.05, 4.69) is 6.58 Å². The summed E-state index contributed by atoms with van der Waals surface area (Å²) >= 11 is 12.5. The largest absolute Gasteiger partial charge is 0.301 e. The smallest absolute Gasteiger partial charge is 0.0790 e. The second-order valence-electron chi connectivity index (χ2n) is 3.61. The Labute approximate surface area is 113 Å².